The molecule has 0 unspecified atom stereocenters. The van der Waals surface area contributed by atoms with Crippen LogP contribution in [-0.2, 0) is 33.5 Å². The van der Waals surface area contributed by atoms with Crippen LogP contribution >= 0.6 is 0 Å². The molecule has 9 nitrogen and oxygen atoms in total. The summed E-state index contributed by atoms with van der Waals surface area (Å²) < 4.78 is 59.4. The second-order valence-corrected chi connectivity index (χ2v) is 5.95. The van der Waals surface area contributed by atoms with Gasteiger partial charge in [-0.2, -0.15) is 8.42 Å². The molecular formula is C16H26O9S. The fourth-order valence-electron chi connectivity index (χ4n) is 1.70. The Balaban J connectivity index is 1.73. The van der Waals surface area contributed by atoms with Gasteiger partial charge in [-0.05, 0) is 12.1 Å². The molecule has 1 rings (SSSR count). The van der Waals surface area contributed by atoms with Crippen molar-refractivity contribution in [3.63, 3.8) is 0 Å². The Morgan fingerprint density at radius 2 is 1.08 bits per heavy atom. The summed E-state index contributed by atoms with van der Waals surface area (Å²) in [6.07, 6.45) is 0. The molecular weight excluding hydrogens is 368 g/mol. The zero-order valence-electron chi connectivity index (χ0n) is 14.6. The topological polar surface area (TPSA) is 110 Å². The number of ether oxygens (including phenoxy) is 5. The molecule has 1 aromatic carbocycles. The molecule has 0 amide bonds. The van der Waals surface area contributed by atoms with Gasteiger partial charge in [-0.25, -0.2) is 4.18 Å². The van der Waals surface area contributed by atoms with Crippen LogP contribution in [0.25, 0.3) is 0 Å². The second-order valence-electron chi connectivity index (χ2n) is 4.86. The Kier molecular flexibility index (Phi) is 13.0. The van der Waals surface area contributed by atoms with Crippen LogP contribution < -0.4 is 4.74 Å². The van der Waals surface area contributed by atoms with Gasteiger partial charge in [-0.3, -0.25) is 4.55 Å². The van der Waals surface area contributed by atoms with Crippen molar-refractivity contribution in [2.24, 2.45) is 0 Å². The van der Waals surface area contributed by atoms with Gasteiger partial charge in [0, 0.05) is 0 Å². The van der Waals surface area contributed by atoms with Gasteiger partial charge in [-0.15, -0.1) is 0 Å². The van der Waals surface area contributed by atoms with Crippen LogP contribution in [0.5, 0.6) is 5.75 Å². The molecule has 150 valence electrons. The number of hydrogen-bond acceptors (Lipinski definition) is 8. The Hall–Kier alpha value is -1.27. The van der Waals surface area contributed by atoms with Gasteiger partial charge >= 0.3 is 10.4 Å². The first-order valence-corrected chi connectivity index (χ1v) is 9.55. The first-order valence-electron chi connectivity index (χ1n) is 8.18. The quantitative estimate of drug-likeness (QED) is 0.305. The van der Waals surface area contributed by atoms with E-state index in [0.717, 1.165) is 5.75 Å². The molecule has 0 aliphatic carbocycles. The minimum Gasteiger partial charge on any atom is -0.491 e. The molecule has 0 fully saturated rings. The molecule has 26 heavy (non-hydrogen) atoms. The number of benzene rings is 1. The first-order chi connectivity index (χ1) is 12.6. The zero-order chi connectivity index (χ0) is 18.9. The summed E-state index contributed by atoms with van der Waals surface area (Å²) in [6.45, 7) is 3.24. The molecule has 1 N–H and O–H groups in total. The van der Waals surface area contributed by atoms with E-state index in [0.29, 0.717) is 52.9 Å². The Morgan fingerprint density at radius 1 is 0.654 bits per heavy atom. The lowest BCUT2D eigenvalue weighted by Gasteiger charge is -2.08. The molecule has 0 spiro atoms. The Morgan fingerprint density at radius 3 is 1.54 bits per heavy atom. The summed E-state index contributed by atoms with van der Waals surface area (Å²) in [4.78, 5) is 0. The lowest BCUT2D eigenvalue weighted by atomic mass is 10.3. The van der Waals surface area contributed by atoms with Crippen molar-refractivity contribution in [3.05, 3.63) is 30.3 Å². The fraction of sp³-hybridized carbons (Fsp3) is 0.625. The van der Waals surface area contributed by atoms with E-state index in [1.54, 1.807) is 0 Å². The predicted molar refractivity (Wildman–Crippen MR) is 92.7 cm³/mol. The highest BCUT2D eigenvalue weighted by molar-refractivity contribution is 7.80. The van der Waals surface area contributed by atoms with E-state index in [9.17, 15) is 8.42 Å². The van der Waals surface area contributed by atoms with Crippen LogP contribution in [0, 0.1) is 0 Å². The predicted octanol–water partition coefficient (Wildman–Crippen LogP) is 0.951. The maximum Gasteiger partial charge on any atom is 0.397 e. The highest BCUT2D eigenvalue weighted by Gasteiger charge is 2.02. The molecule has 0 saturated heterocycles. The Labute approximate surface area is 154 Å². The summed E-state index contributed by atoms with van der Waals surface area (Å²) in [7, 11) is -4.40. The van der Waals surface area contributed by atoms with E-state index in [1.165, 1.54) is 0 Å². The van der Waals surface area contributed by atoms with Crippen molar-refractivity contribution >= 4 is 10.4 Å². The van der Waals surface area contributed by atoms with Crippen molar-refractivity contribution in [2.45, 2.75) is 0 Å². The number of rotatable bonds is 17. The number of para-hydroxylation sites is 1. The van der Waals surface area contributed by atoms with Gasteiger partial charge in [-0.1, -0.05) is 18.2 Å². The molecule has 0 atom stereocenters. The number of hydrogen-bond donors (Lipinski definition) is 1. The van der Waals surface area contributed by atoms with Gasteiger partial charge in [0.2, 0.25) is 0 Å². The van der Waals surface area contributed by atoms with Gasteiger partial charge in [0.05, 0.1) is 59.5 Å². The van der Waals surface area contributed by atoms with Crippen molar-refractivity contribution in [1.29, 1.82) is 0 Å². The van der Waals surface area contributed by atoms with Gasteiger partial charge in [0.25, 0.3) is 0 Å². The molecule has 0 aromatic heterocycles. The Bertz CT molecular complexity index is 536. The zero-order valence-corrected chi connectivity index (χ0v) is 15.4. The van der Waals surface area contributed by atoms with E-state index < -0.39 is 10.4 Å². The monoisotopic (exact) mass is 394 g/mol. The van der Waals surface area contributed by atoms with Crippen LogP contribution in [0.3, 0.4) is 0 Å². The average Bonchev–Trinajstić information content (AvgIpc) is 2.61. The fourth-order valence-corrected chi connectivity index (χ4v) is 1.97. The van der Waals surface area contributed by atoms with E-state index in [1.807, 2.05) is 30.3 Å². The lowest BCUT2D eigenvalue weighted by Crippen LogP contribution is -2.15. The summed E-state index contributed by atoms with van der Waals surface area (Å²) in [6, 6.07) is 9.54. The van der Waals surface area contributed by atoms with E-state index >= 15 is 0 Å². The van der Waals surface area contributed by atoms with Gasteiger partial charge in [0.15, 0.2) is 0 Å². The molecule has 0 aliphatic heterocycles. The summed E-state index contributed by atoms with van der Waals surface area (Å²) in [5.74, 6) is 0.819. The molecule has 0 radical (unpaired) electrons. The molecule has 0 heterocycles. The molecule has 0 saturated carbocycles. The van der Waals surface area contributed by atoms with Crippen LogP contribution in [0.4, 0.5) is 0 Å². The standard InChI is InChI=1S/C16H26O9S/c17-26(18,19)25-15-13-23-11-9-21-7-6-20-8-10-22-12-14-24-16-4-2-1-3-5-16/h1-5H,6-15H2,(H,17,18,19). The smallest absolute Gasteiger partial charge is 0.397 e. The van der Waals surface area contributed by atoms with Crippen LogP contribution in [0.15, 0.2) is 30.3 Å². The minimum atomic E-state index is -4.40. The minimum absolute atomic E-state index is 0.0466. The van der Waals surface area contributed by atoms with E-state index in [2.05, 4.69) is 4.18 Å². The third-order valence-electron chi connectivity index (χ3n) is 2.82. The van der Waals surface area contributed by atoms with Crippen LogP contribution in [0.2, 0.25) is 0 Å². The van der Waals surface area contributed by atoms with Crippen molar-refractivity contribution in [1.82, 2.24) is 0 Å². The van der Waals surface area contributed by atoms with Gasteiger partial charge in [0.1, 0.15) is 12.4 Å². The maximum atomic E-state index is 10.2. The van der Waals surface area contributed by atoms with Crippen molar-refractivity contribution in [2.75, 3.05) is 66.1 Å². The SMILES string of the molecule is O=S(=O)(O)OCCOCCOCCOCCOCCOc1ccccc1. The van der Waals surface area contributed by atoms with E-state index in [-0.39, 0.29) is 13.2 Å². The second kappa shape index (κ2) is 14.9. The summed E-state index contributed by atoms with van der Waals surface area (Å²) in [5.41, 5.74) is 0. The highest BCUT2D eigenvalue weighted by atomic mass is 32.3. The van der Waals surface area contributed by atoms with Gasteiger partial charge < -0.3 is 23.7 Å². The first kappa shape index (κ1) is 22.8. The van der Waals surface area contributed by atoms with Crippen LogP contribution in [0.1, 0.15) is 0 Å². The maximum absolute atomic E-state index is 10.2. The van der Waals surface area contributed by atoms with Crippen molar-refractivity contribution < 1.29 is 40.8 Å². The van der Waals surface area contributed by atoms with Crippen molar-refractivity contribution in [3.8, 4) is 5.75 Å². The van der Waals surface area contributed by atoms with Crippen LogP contribution in [-0.4, -0.2) is 79.0 Å². The highest BCUT2D eigenvalue weighted by Crippen LogP contribution is 2.07. The molecule has 10 heteroatoms. The average molecular weight is 394 g/mol. The normalized spacial score (nSPS) is 11.6. The summed E-state index contributed by atoms with van der Waals surface area (Å²) in [5, 5.41) is 0. The third-order valence-corrected chi connectivity index (χ3v) is 3.28. The molecule has 0 aliphatic rings. The largest absolute Gasteiger partial charge is 0.491 e. The lowest BCUT2D eigenvalue weighted by molar-refractivity contribution is -0.00709. The molecule has 0 bridgehead atoms. The third kappa shape index (κ3) is 15.0. The molecule has 1 aromatic rings. The summed E-state index contributed by atoms with van der Waals surface area (Å²) >= 11 is 0. The van der Waals surface area contributed by atoms with E-state index in [4.69, 9.17) is 28.2 Å².